The molecule has 3 saturated heterocycles. The Hall–Kier alpha value is -6.38. The van der Waals surface area contributed by atoms with E-state index in [-0.39, 0.29) is 29.8 Å². The number of methoxy groups -OCH3 is 1. The number of ether oxygens (including phenoxy) is 2. The number of carbonyl (C=O) groups is 3. The lowest BCUT2D eigenvalue weighted by Gasteiger charge is -2.34. The zero-order chi connectivity index (χ0) is 41.2. The third-order valence-corrected chi connectivity index (χ3v) is 12.3. The number of benzene rings is 3. The van der Waals surface area contributed by atoms with Gasteiger partial charge in [0.05, 0.1) is 48.7 Å². The molecular formula is C46H49N9O5. The number of nitrogens with two attached hydrogens (primary N) is 1. The number of likely N-dealkylation sites (tertiary alicyclic amines) is 2. The van der Waals surface area contributed by atoms with Crippen molar-refractivity contribution in [3.63, 3.8) is 0 Å². The lowest BCUT2D eigenvalue weighted by atomic mass is 9.90. The second-order valence-corrected chi connectivity index (χ2v) is 15.9. The van der Waals surface area contributed by atoms with Crippen molar-refractivity contribution in [2.45, 2.75) is 62.7 Å². The number of rotatable bonds is 10. The molecule has 6 heterocycles. The summed E-state index contributed by atoms with van der Waals surface area (Å²) in [5.41, 5.74) is 12.7. The monoisotopic (exact) mass is 807 g/mol. The molecule has 5 N–H and O–H groups in total. The third-order valence-electron chi connectivity index (χ3n) is 12.3. The summed E-state index contributed by atoms with van der Waals surface area (Å²) in [6.07, 6.45) is 9.66. The van der Waals surface area contributed by atoms with E-state index in [9.17, 15) is 14.4 Å². The van der Waals surface area contributed by atoms with Crippen LogP contribution in [0.4, 0.5) is 4.79 Å². The lowest BCUT2D eigenvalue weighted by molar-refractivity contribution is -0.137. The van der Waals surface area contributed by atoms with Gasteiger partial charge in [-0.3, -0.25) is 14.6 Å². The van der Waals surface area contributed by atoms with Crippen molar-refractivity contribution in [2.75, 3.05) is 33.4 Å². The molecule has 308 valence electrons. The maximum atomic E-state index is 14.0. The zero-order valence-corrected chi connectivity index (χ0v) is 33.6. The number of hydrogen-bond acceptors (Lipinski definition) is 9. The van der Waals surface area contributed by atoms with Crippen LogP contribution >= 0.6 is 0 Å². The Morgan fingerprint density at radius 3 is 2.02 bits per heavy atom. The Bertz CT molecular complexity index is 2480. The molecule has 4 atom stereocenters. The van der Waals surface area contributed by atoms with Crippen LogP contribution in [-0.2, 0) is 19.1 Å². The first-order chi connectivity index (χ1) is 29.3. The standard InChI is InChI=1S/C46H49N9O5/c1-59-46(58)53-41(31-17-21-60-22-18-31)45(57)55-20-6-10-39(55)43-49-26-36(51-43)29-13-11-28(12-14-29)35-24-32-15-16-33(23-34(32)25-48-35)37-27-50-42(52-37)38-9-5-19-54(38)44(56)40(47)30-7-3-2-4-8-30/h2-4,7-8,11-16,23-27,31,38-41H,5-6,9-10,17-22,47H2,1H3,(H,49,51)(H,50,52)(H,53,58)/t38-,39-,40+,41-/m0/s1. The van der Waals surface area contributed by atoms with E-state index in [0.29, 0.717) is 39.1 Å². The molecule has 6 aromatic rings. The van der Waals surface area contributed by atoms with Crippen molar-refractivity contribution in [1.82, 2.24) is 40.0 Å². The fourth-order valence-electron chi connectivity index (χ4n) is 9.00. The van der Waals surface area contributed by atoms with Crippen LogP contribution in [0.1, 0.15) is 73.9 Å². The molecule has 14 heteroatoms. The molecular weight excluding hydrogens is 759 g/mol. The lowest BCUT2D eigenvalue weighted by Crippen LogP contribution is -2.53. The van der Waals surface area contributed by atoms with Gasteiger partial charge in [-0.2, -0.15) is 0 Å². The van der Waals surface area contributed by atoms with E-state index < -0.39 is 18.2 Å². The summed E-state index contributed by atoms with van der Waals surface area (Å²) in [7, 11) is 1.31. The van der Waals surface area contributed by atoms with Gasteiger partial charge in [0.2, 0.25) is 11.8 Å². The van der Waals surface area contributed by atoms with Gasteiger partial charge in [0, 0.05) is 49.0 Å². The van der Waals surface area contributed by atoms with Gasteiger partial charge in [0.15, 0.2) is 0 Å². The van der Waals surface area contributed by atoms with Crippen molar-refractivity contribution in [1.29, 1.82) is 0 Å². The van der Waals surface area contributed by atoms with E-state index in [2.05, 4.69) is 51.7 Å². The SMILES string of the molecule is COC(=O)N[C@H](C(=O)N1CCC[C@H]1c1ncc(-c2ccc(-c3cc4ccc(-c5cnc([C@@H]6CCCN6C(=O)[C@H](N)c6ccccc6)[nH]5)cc4cn3)cc2)[nH]1)C1CCOCC1. The summed E-state index contributed by atoms with van der Waals surface area (Å²) in [5, 5.41) is 4.87. The van der Waals surface area contributed by atoms with Crippen LogP contribution in [-0.4, -0.2) is 92.1 Å². The average molecular weight is 808 g/mol. The van der Waals surface area contributed by atoms with Gasteiger partial charge in [-0.05, 0) is 73.1 Å². The van der Waals surface area contributed by atoms with Gasteiger partial charge < -0.3 is 40.3 Å². The van der Waals surface area contributed by atoms with E-state index in [1.165, 1.54) is 7.11 Å². The summed E-state index contributed by atoms with van der Waals surface area (Å²) in [4.78, 5) is 64.6. The fraction of sp³-hybridized carbons (Fsp3) is 0.348. The summed E-state index contributed by atoms with van der Waals surface area (Å²) in [5.74, 6) is 1.26. The molecule has 0 aliphatic carbocycles. The fourth-order valence-corrected chi connectivity index (χ4v) is 9.00. The van der Waals surface area contributed by atoms with Crippen molar-refractivity contribution in [2.24, 2.45) is 11.7 Å². The topological polar surface area (TPSA) is 184 Å². The van der Waals surface area contributed by atoms with Crippen molar-refractivity contribution in [3.8, 4) is 33.8 Å². The number of amides is 3. The van der Waals surface area contributed by atoms with Crippen molar-refractivity contribution >= 4 is 28.7 Å². The van der Waals surface area contributed by atoms with Crippen molar-refractivity contribution in [3.05, 3.63) is 115 Å². The van der Waals surface area contributed by atoms with E-state index in [4.69, 9.17) is 30.2 Å². The molecule has 0 unspecified atom stereocenters. The zero-order valence-electron chi connectivity index (χ0n) is 33.6. The molecule has 3 aliphatic rings. The highest BCUT2D eigenvalue weighted by Gasteiger charge is 2.40. The largest absolute Gasteiger partial charge is 0.453 e. The first-order valence-corrected chi connectivity index (χ1v) is 20.8. The van der Waals surface area contributed by atoms with Gasteiger partial charge in [0.1, 0.15) is 23.7 Å². The third kappa shape index (κ3) is 7.87. The van der Waals surface area contributed by atoms with Gasteiger partial charge in [0.25, 0.3) is 0 Å². The van der Waals surface area contributed by atoms with Crippen LogP contribution in [0, 0.1) is 5.92 Å². The Labute approximate surface area is 347 Å². The number of aromatic amines is 2. The molecule has 14 nitrogen and oxygen atoms in total. The van der Waals surface area contributed by atoms with Crippen LogP contribution in [0.2, 0.25) is 0 Å². The first kappa shape index (κ1) is 39.1. The molecule has 60 heavy (non-hydrogen) atoms. The van der Waals surface area contributed by atoms with Crippen LogP contribution < -0.4 is 11.1 Å². The van der Waals surface area contributed by atoms with Crippen LogP contribution in [0.15, 0.2) is 97.5 Å². The predicted octanol–water partition coefficient (Wildman–Crippen LogP) is 6.86. The van der Waals surface area contributed by atoms with Crippen LogP contribution in [0.3, 0.4) is 0 Å². The van der Waals surface area contributed by atoms with Gasteiger partial charge in [-0.25, -0.2) is 14.8 Å². The highest BCUT2D eigenvalue weighted by molar-refractivity contribution is 5.89. The summed E-state index contributed by atoms with van der Waals surface area (Å²) >= 11 is 0. The van der Waals surface area contributed by atoms with E-state index in [0.717, 1.165) is 87.4 Å². The molecule has 3 amide bonds. The number of pyridine rings is 1. The summed E-state index contributed by atoms with van der Waals surface area (Å²) in [6.45, 7) is 2.37. The minimum atomic E-state index is -0.712. The van der Waals surface area contributed by atoms with Crippen LogP contribution in [0.25, 0.3) is 44.5 Å². The Morgan fingerprint density at radius 2 is 1.35 bits per heavy atom. The minimum Gasteiger partial charge on any atom is -0.453 e. The number of nitrogens with zero attached hydrogens (tertiary/aromatic N) is 5. The minimum absolute atomic E-state index is 0.0255. The number of nitrogens with one attached hydrogen (secondary N) is 3. The number of fused-ring (bicyclic) bond motifs is 1. The second-order valence-electron chi connectivity index (χ2n) is 15.9. The van der Waals surface area contributed by atoms with Crippen LogP contribution in [0.5, 0.6) is 0 Å². The molecule has 0 saturated carbocycles. The molecule has 9 rings (SSSR count). The van der Waals surface area contributed by atoms with E-state index in [1.807, 2.05) is 70.9 Å². The molecule has 0 spiro atoms. The molecule has 3 aromatic carbocycles. The molecule has 3 fully saturated rings. The van der Waals surface area contributed by atoms with E-state index in [1.54, 1.807) is 0 Å². The number of H-pyrrole nitrogens is 2. The van der Waals surface area contributed by atoms with Gasteiger partial charge >= 0.3 is 6.09 Å². The van der Waals surface area contributed by atoms with Gasteiger partial charge in [-0.1, -0.05) is 66.7 Å². The average Bonchev–Trinajstić information content (AvgIpc) is 4.15. The highest BCUT2D eigenvalue weighted by Crippen LogP contribution is 2.36. The smallest absolute Gasteiger partial charge is 0.407 e. The second kappa shape index (κ2) is 17.1. The molecule has 0 bridgehead atoms. The normalized spacial score (nSPS) is 19.4. The first-order valence-electron chi connectivity index (χ1n) is 20.8. The van der Waals surface area contributed by atoms with Crippen molar-refractivity contribution < 1.29 is 23.9 Å². The maximum Gasteiger partial charge on any atom is 0.407 e. The molecule has 3 aliphatic heterocycles. The Morgan fingerprint density at radius 1 is 0.733 bits per heavy atom. The highest BCUT2D eigenvalue weighted by atomic mass is 16.5. The maximum absolute atomic E-state index is 14.0. The number of alkyl carbamates (subject to hydrolysis) is 1. The molecule has 0 radical (unpaired) electrons. The number of carbonyl (C=O) groups excluding carboxylic acids is 3. The predicted molar refractivity (Wildman–Crippen MR) is 226 cm³/mol. The van der Waals surface area contributed by atoms with E-state index >= 15 is 0 Å². The number of imidazole rings is 2. The molecule has 3 aromatic heterocycles. The summed E-state index contributed by atoms with van der Waals surface area (Å²) in [6, 6.07) is 24.3. The Balaban J connectivity index is 0.866. The quantitative estimate of drug-likeness (QED) is 0.115. The number of hydrogen-bond donors (Lipinski definition) is 4. The number of aromatic nitrogens is 5. The van der Waals surface area contributed by atoms with Gasteiger partial charge in [-0.15, -0.1) is 0 Å². The Kier molecular flexibility index (Phi) is 11.1. The summed E-state index contributed by atoms with van der Waals surface area (Å²) < 4.78 is 10.4.